The summed E-state index contributed by atoms with van der Waals surface area (Å²) in [6, 6.07) is 23.3. The van der Waals surface area contributed by atoms with Crippen LogP contribution in [0, 0.1) is 5.82 Å². The molecule has 0 aliphatic heterocycles. The van der Waals surface area contributed by atoms with Crippen LogP contribution in [-0.2, 0) is 10.5 Å². The van der Waals surface area contributed by atoms with Crippen molar-refractivity contribution in [3.63, 3.8) is 0 Å². The van der Waals surface area contributed by atoms with Gasteiger partial charge in [0, 0.05) is 34.2 Å². The molecule has 0 atom stereocenters. The molecule has 184 valence electrons. The lowest BCUT2D eigenvalue weighted by molar-refractivity contribution is -0.111. The first-order chi connectivity index (χ1) is 18.0. The molecule has 0 saturated heterocycles. The van der Waals surface area contributed by atoms with E-state index in [1.54, 1.807) is 22.9 Å². The lowest BCUT2D eigenvalue weighted by Gasteiger charge is -2.00. The topological polar surface area (TPSA) is 72.7 Å². The number of halogens is 2. The van der Waals surface area contributed by atoms with E-state index in [0.717, 1.165) is 21.2 Å². The normalized spacial score (nSPS) is 11.2. The monoisotopic (exact) mass is 547 g/mol. The van der Waals surface area contributed by atoms with Gasteiger partial charge in [0.15, 0.2) is 4.34 Å². The number of amides is 1. The largest absolute Gasteiger partial charge is 0.297 e. The second kappa shape index (κ2) is 11.5. The van der Waals surface area contributed by atoms with E-state index in [1.807, 2.05) is 60.8 Å². The third kappa shape index (κ3) is 6.32. The van der Waals surface area contributed by atoms with Crippen LogP contribution in [0.25, 0.3) is 23.0 Å². The summed E-state index contributed by atoms with van der Waals surface area (Å²) in [6.07, 6.45) is 4.91. The summed E-state index contributed by atoms with van der Waals surface area (Å²) in [6.45, 7) is 0. The number of benzene rings is 3. The van der Waals surface area contributed by atoms with Gasteiger partial charge in [0.05, 0.1) is 11.4 Å². The molecule has 5 rings (SSSR count). The van der Waals surface area contributed by atoms with Crippen LogP contribution in [0.1, 0.15) is 11.1 Å². The number of hydrogen-bond donors (Lipinski definition) is 1. The Balaban J connectivity index is 1.30. The highest BCUT2D eigenvalue weighted by atomic mass is 35.5. The van der Waals surface area contributed by atoms with Gasteiger partial charge in [-0.2, -0.15) is 5.10 Å². The number of nitrogens with zero attached hydrogens (tertiary/aromatic N) is 4. The van der Waals surface area contributed by atoms with Gasteiger partial charge in [-0.3, -0.25) is 10.1 Å². The molecule has 0 spiro atoms. The van der Waals surface area contributed by atoms with Crippen LogP contribution < -0.4 is 5.32 Å². The maximum absolute atomic E-state index is 13.5. The Morgan fingerprint density at radius 2 is 1.78 bits per heavy atom. The standard InChI is InChI=1S/C27H19ClFN5OS2/c28-23-9-5-4-6-20(23)17-36-27-32-31-26(37-27)30-24(35)15-12-19-16-34(22-7-2-1-3-8-22)33-25(19)18-10-13-21(29)14-11-18/h1-16H,17H2,(H,30,31,35)/b15-12+. The van der Waals surface area contributed by atoms with E-state index in [4.69, 9.17) is 11.6 Å². The minimum atomic E-state index is -0.351. The molecule has 2 heterocycles. The smallest absolute Gasteiger partial charge is 0.250 e. The molecule has 0 bridgehead atoms. The van der Waals surface area contributed by atoms with E-state index in [9.17, 15) is 9.18 Å². The molecular formula is C27H19ClFN5OS2. The van der Waals surface area contributed by atoms with Gasteiger partial charge in [-0.25, -0.2) is 9.07 Å². The Morgan fingerprint density at radius 1 is 1.03 bits per heavy atom. The van der Waals surface area contributed by atoms with Gasteiger partial charge >= 0.3 is 0 Å². The van der Waals surface area contributed by atoms with Gasteiger partial charge in [-0.15, -0.1) is 10.2 Å². The Morgan fingerprint density at radius 3 is 2.57 bits per heavy atom. The molecule has 1 amide bonds. The first-order valence-electron chi connectivity index (χ1n) is 11.1. The third-order valence-electron chi connectivity index (χ3n) is 5.24. The summed E-state index contributed by atoms with van der Waals surface area (Å²) in [5.74, 6) is -0.0276. The fourth-order valence-corrected chi connectivity index (χ4v) is 5.48. The highest BCUT2D eigenvalue weighted by molar-refractivity contribution is 8.00. The number of aromatic nitrogens is 4. The maximum atomic E-state index is 13.5. The second-order valence-corrected chi connectivity index (χ2v) is 10.4. The highest BCUT2D eigenvalue weighted by Crippen LogP contribution is 2.30. The van der Waals surface area contributed by atoms with Crippen molar-refractivity contribution >= 4 is 51.8 Å². The fourth-order valence-electron chi connectivity index (χ4n) is 3.44. The zero-order chi connectivity index (χ0) is 25.6. The number of rotatable bonds is 8. The van der Waals surface area contributed by atoms with Crippen LogP contribution in [-0.4, -0.2) is 25.9 Å². The van der Waals surface area contributed by atoms with Crippen LogP contribution in [0.15, 0.2) is 95.5 Å². The van der Waals surface area contributed by atoms with Crippen LogP contribution in [0.2, 0.25) is 5.02 Å². The van der Waals surface area contributed by atoms with Crippen molar-refractivity contribution in [2.45, 2.75) is 10.1 Å². The molecule has 0 aliphatic rings. The molecule has 5 aromatic rings. The van der Waals surface area contributed by atoms with Crippen LogP contribution >= 0.6 is 34.7 Å². The number of hydrogen-bond acceptors (Lipinski definition) is 6. The number of thioether (sulfide) groups is 1. The van der Waals surface area contributed by atoms with Gasteiger partial charge in [0.1, 0.15) is 5.82 Å². The van der Waals surface area contributed by atoms with Crippen molar-refractivity contribution in [2.75, 3.05) is 5.32 Å². The van der Waals surface area contributed by atoms with Crippen LogP contribution in [0.4, 0.5) is 9.52 Å². The minimum absolute atomic E-state index is 0.329. The van der Waals surface area contributed by atoms with E-state index in [0.29, 0.717) is 27.2 Å². The van der Waals surface area contributed by atoms with E-state index < -0.39 is 0 Å². The molecule has 0 unspecified atom stereocenters. The zero-order valence-corrected chi connectivity index (χ0v) is 21.6. The fraction of sp³-hybridized carbons (Fsp3) is 0.0370. The second-order valence-electron chi connectivity index (χ2n) is 7.80. The Labute approximate surface area is 225 Å². The van der Waals surface area contributed by atoms with Crippen molar-refractivity contribution in [3.05, 3.63) is 113 Å². The van der Waals surface area contributed by atoms with E-state index in [2.05, 4.69) is 20.6 Å². The molecule has 0 saturated carbocycles. The average molecular weight is 548 g/mol. The number of anilines is 1. The van der Waals surface area contributed by atoms with Gasteiger partial charge < -0.3 is 0 Å². The zero-order valence-electron chi connectivity index (χ0n) is 19.2. The number of nitrogens with one attached hydrogen (secondary N) is 1. The predicted octanol–water partition coefficient (Wildman–Crippen LogP) is 7.13. The van der Waals surface area contributed by atoms with E-state index in [1.165, 1.54) is 41.3 Å². The van der Waals surface area contributed by atoms with Gasteiger partial charge in [0.2, 0.25) is 11.0 Å². The maximum Gasteiger partial charge on any atom is 0.250 e. The summed E-state index contributed by atoms with van der Waals surface area (Å²) >= 11 is 9.00. The molecule has 0 radical (unpaired) electrons. The quantitative estimate of drug-likeness (QED) is 0.127. The van der Waals surface area contributed by atoms with Gasteiger partial charge in [-0.05, 0) is 54.1 Å². The number of carbonyl (C=O) groups is 1. The summed E-state index contributed by atoms with van der Waals surface area (Å²) < 4.78 is 15.9. The molecule has 1 N–H and O–H groups in total. The summed E-state index contributed by atoms with van der Waals surface area (Å²) in [5, 5.41) is 16.7. The van der Waals surface area contributed by atoms with Crippen molar-refractivity contribution in [1.82, 2.24) is 20.0 Å². The van der Waals surface area contributed by atoms with Gasteiger partial charge in [0.25, 0.3) is 0 Å². The van der Waals surface area contributed by atoms with Crippen LogP contribution in [0.3, 0.4) is 0 Å². The Hall–Kier alpha value is -3.79. The summed E-state index contributed by atoms with van der Waals surface area (Å²) in [4.78, 5) is 12.6. The van der Waals surface area contributed by atoms with E-state index >= 15 is 0 Å². The Kier molecular flexibility index (Phi) is 7.74. The Bertz CT molecular complexity index is 1550. The highest BCUT2D eigenvalue weighted by Gasteiger charge is 2.12. The molecule has 6 nitrogen and oxygen atoms in total. The predicted molar refractivity (Wildman–Crippen MR) is 148 cm³/mol. The SMILES string of the molecule is O=C(/C=C/c1cn(-c2ccccc2)nc1-c1ccc(F)cc1)Nc1nnc(SCc2ccccc2Cl)s1. The number of para-hydroxylation sites is 1. The molecule has 0 fully saturated rings. The van der Waals surface area contributed by atoms with Crippen LogP contribution in [0.5, 0.6) is 0 Å². The summed E-state index contributed by atoms with van der Waals surface area (Å²) in [5.41, 5.74) is 3.94. The lowest BCUT2D eigenvalue weighted by atomic mass is 10.1. The molecule has 3 aromatic carbocycles. The minimum Gasteiger partial charge on any atom is -0.297 e. The molecule has 10 heteroatoms. The lowest BCUT2D eigenvalue weighted by Crippen LogP contribution is -2.07. The summed E-state index contributed by atoms with van der Waals surface area (Å²) in [7, 11) is 0. The van der Waals surface area contributed by atoms with Gasteiger partial charge in [-0.1, -0.05) is 71.1 Å². The van der Waals surface area contributed by atoms with Crippen molar-refractivity contribution < 1.29 is 9.18 Å². The van der Waals surface area contributed by atoms with Crippen molar-refractivity contribution in [1.29, 1.82) is 0 Å². The first-order valence-corrected chi connectivity index (χ1v) is 13.3. The van der Waals surface area contributed by atoms with E-state index in [-0.39, 0.29) is 11.7 Å². The first kappa shape index (κ1) is 24.9. The average Bonchev–Trinajstić information content (AvgIpc) is 3.55. The molecule has 2 aromatic heterocycles. The third-order valence-corrected chi connectivity index (χ3v) is 7.63. The molecule has 0 aliphatic carbocycles. The molecule has 37 heavy (non-hydrogen) atoms. The van der Waals surface area contributed by atoms with Crippen molar-refractivity contribution in [2.24, 2.45) is 0 Å². The van der Waals surface area contributed by atoms with Crippen molar-refractivity contribution in [3.8, 4) is 16.9 Å². The molecular weight excluding hydrogens is 529 g/mol. The number of carbonyl (C=O) groups excluding carboxylic acids is 1.